The number of para-hydroxylation sites is 1. The van der Waals surface area contributed by atoms with E-state index in [-0.39, 0.29) is 12.2 Å². The van der Waals surface area contributed by atoms with Crippen molar-refractivity contribution in [1.29, 1.82) is 0 Å². The maximum atomic E-state index is 13.7. The Labute approximate surface area is 277 Å². The van der Waals surface area contributed by atoms with Gasteiger partial charge in [0.2, 0.25) is 0 Å². The monoisotopic (exact) mass is 676 g/mol. The van der Waals surface area contributed by atoms with E-state index in [0.717, 1.165) is 40.1 Å². The van der Waals surface area contributed by atoms with Gasteiger partial charge in [-0.05, 0) is 78.6 Å². The smallest absolute Gasteiger partial charge is 0.341 e. The Bertz CT molecular complexity index is 1970. The van der Waals surface area contributed by atoms with Crippen molar-refractivity contribution >= 4 is 91.3 Å². The van der Waals surface area contributed by atoms with E-state index in [9.17, 15) is 14.4 Å². The maximum absolute atomic E-state index is 13.7. The molecule has 0 aliphatic heterocycles. The first-order chi connectivity index (χ1) is 21.8. The molecule has 0 radical (unpaired) electrons. The molecule has 0 fully saturated rings. The van der Waals surface area contributed by atoms with E-state index in [1.807, 2.05) is 53.9 Å². The van der Waals surface area contributed by atoms with Gasteiger partial charge < -0.3 is 14.8 Å². The van der Waals surface area contributed by atoms with Gasteiger partial charge in [0.05, 0.1) is 33.4 Å². The summed E-state index contributed by atoms with van der Waals surface area (Å²) in [7, 11) is 0. The highest BCUT2D eigenvalue weighted by molar-refractivity contribution is 7.17. The summed E-state index contributed by atoms with van der Waals surface area (Å²) in [4.78, 5) is 45.4. The van der Waals surface area contributed by atoms with Gasteiger partial charge in [0.15, 0.2) is 6.61 Å². The first-order valence-corrected chi connectivity index (χ1v) is 16.7. The number of nitrogens with zero attached hydrogens (tertiary/aromatic N) is 1. The van der Waals surface area contributed by atoms with E-state index >= 15 is 0 Å². The van der Waals surface area contributed by atoms with Gasteiger partial charge in [0.25, 0.3) is 5.91 Å². The van der Waals surface area contributed by atoms with Gasteiger partial charge in [0, 0.05) is 21.2 Å². The standard InChI is InChI=1S/C34H26Cl2N2O5S2/c1-2-42-34(41)30-23(27-11-6-14-44-27)18-45-32(30)38-28(39)17-43-33(40)29-21-8-3-4-10-26(21)37-31-20(7-5-9-22(29)31)15-19-12-13-24(35)25(36)16-19/h3-4,6,8,10-16,18H,2,5,7,9,17H2,1H3,(H,38,39)/b20-15-. The molecule has 228 valence electrons. The number of carbonyl (C=O) groups excluding carboxylic acids is 3. The number of hydrogen-bond acceptors (Lipinski definition) is 8. The van der Waals surface area contributed by atoms with Crippen molar-refractivity contribution in [3.63, 3.8) is 0 Å². The summed E-state index contributed by atoms with van der Waals surface area (Å²) in [5, 5.41) is 8.37. The summed E-state index contributed by atoms with van der Waals surface area (Å²) in [5.74, 6) is -1.72. The lowest BCUT2D eigenvalue weighted by Crippen LogP contribution is -2.23. The molecule has 0 spiro atoms. The minimum atomic E-state index is -0.619. The first-order valence-electron chi connectivity index (χ1n) is 14.2. The third-order valence-electron chi connectivity index (χ3n) is 7.30. The Morgan fingerprint density at radius 3 is 2.56 bits per heavy atom. The number of fused-ring (bicyclic) bond motifs is 2. The largest absolute Gasteiger partial charge is 0.462 e. The number of nitrogens with one attached hydrogen (secondary N) is 1. The number of rotatable bonds is 8. The zero-order chi connectivity index (χ0) is 31.5. The van der Waals surface area contributed by atoms with Crippen LogP contribution in [0.25, 0.3) is 33.0 Å². The van der Waals surface area contributed by atoms with Crippen LogP contribution < -0.4 is 5.32 Å². The van der Waals surface area contributed by atoms with Crippen LogP contribution in [0.15, 0.2) is 65.4 Å². The molecular weight excluding hydrogens is 651 g/mol. The van der Waals surface area contributed by atoms with Crippen LogP contribution in [0.4, 0.5) is 5.00 Å². The Hall–Kier alpha value is -4.02. The molecule has 0 saturated heterocycles. The Morgan fingerprint density at radius 1 is 0.956 bits per heavy atom. The summed E-state index contributed by atoms with van der Waals surface area (Å²) >= 11 is 15.1. The van der Waals surface area contributed by atoms with Crippen LogP contribution in [0.5, 0.6) is 0 Å². The van der Waals surface area contributed by atoms with Gasteiger partial charge in [0.1, 0.15) is 10.6 Å². The Morgan fingerprint density at radius 2 is 1.78 bits per heavy atom. The molecule has 1 amide bonds. The van der Waals surface area contributed by atoms with Gasteiger partial charge in [-0.2, -0.15) is 0 Å². The number of ether oxygens (including phenoxy) is 2. The first kappa shape index (κ1) is 31.0. The van der Waals surface area contributed by atoms with Crippen molar-refractivity contribution in [1.82, 2.24) is 4.98 Å². The summed E-state index contributed by atoms with van der Waals surface area (Å²) in [6, 6.07) is 16.6. The number of anilines is 1. The van der Waals surface area contributed by atoms with Crippen molar-refractivity contribution in [3.05, 3.63) is 103 Å². The average Bonchev–Trinajstić information content (AvgIpc) is 3.71. The second-order valence-electron chi connectivity index (χ2n) is 10.2. The van der Waals surface area contributed by atoms with Crippen molar-refractivity contribution < 1.29 is 23.9 Å². The molecule has 1 N–H and O–H groups in total. The molecule has 1 aliphatic carbocycles. The van der Waals surface area contributed by atoms with Crippen molar-refractivity contribution in [2.24, 2.45) is 0 Å². The fraction of sp³-hybridized carbons (Fsp3) is 0.176. The number of halogens is 2. The number of esters is 2. The van der Waals surface area contributed by atoms with E-state index in [1.165, 1.54) is 22.7 Å². The molecule has 0 unspecified atom stereocenters. The third-order valence-corrected chi connectivity index (χ3v) is 9.84. The van der Waals surface area contributed by atoms with E-state index in [1.54, 1.807) is 24.4 Å². The van der Waals surface area contributed by atoms with Crippen LogP contribution >= 0.6 is 45.9 Å². The lowest BCUT2D eigenvalue weighted by Gasteiger charge is -2.22. The molecular formula is C34H26Cl2N2O5S2. The van der Waals surface area contributed by atoms with Crippen LogP contribution in [-0.4, -0.2) is 36.0 Å². The average molecular weight is 678 g/mol. The lowest BCUT2D eigenvalue weighted by molar-refractivity contribution is -0.119. The molecule has 0 bridgehead atoms. The predicted molar refractivity (Wildman–Crippen MR) is 182 cm³/mol. The molecule has 3 heterocycles. The second kappa shape index (κ2) is 13.5. The summed E-state index contributed by atoms with van der Waals surface area (Å²) in [6.45, 7) is 1.38. The fourth-order valence-corrected chi connectivity index (χ4v) is 7.44. The van der Waals surface area contributed by atoms with Crippen LogP contribution in [0.1, 0.15) is 57.3 Å². The van der Waals surface area contributed by atoms with Crippen molar-refractivity contribution in [2.45, 2.75) is 26.2 Å². The molecule has 5 aromatic rings. The van der Waals surface area contributed by atoms with Crippen molar-refractivity contribution in [2.75, 3.05) is 18.5 Å². The number of pyridine rings is 1. The zero-order valence-electron chi connectivity index (χ0n) is 24.0. The normalized spacial score (nSPS) is 13.4. The molecule has 3 aromatic heterocycles. The van der Waals surface area contributed by atoms with E-state index < -0.39 is 24.5 Å². The number of benzene rings is 2. The van der Waals surface area contributed by atoms with Gasteiger partial charge >= 0.3 is 11.9 Å². The van der Waals surface area contributed by atoms with Crippen LogP contribution in [0.3, 0.4) is 0 Å². The van der Waals surface area contributed by atoms with Gasteiger partial charge in [-0.3, -0.25) is 4.79 Å². The summed E-state index contributed by atoms with van der Waals surface area (Å²) in [6.07, 6.45) is 4.22. The van der Waals surface area contributed by atoms with Crippen LogP contribution in [0.2, 0.25) is 10.0 Å². The summed E-state index contributed by atoms with van der Waals surface area (Å²) in [5.41, 5.74) is 5.35. The maximum Gasteiger partial charge on any atom is 0.341 e. The predicted octanol–water partition coefficient (Wildman–Crippen LogP) is 9.18. The molecule has 0 saturated carbocycles. The van der Waals surface area contributed by atoms with Crippen molar-refractivity contribution in [3.8, 4) is 10.4 Å². The number of amides is 1. The highest BCUT2D eigenvalue weighted by atomic mass is 35.5. The summed E-state index contributed by atoms with van der Waals surface area (Å²) < 4.78 is 10.9. The lowest BCUT2D eigenvalue weighted by atomic mass is 9.86. The van der Waals surface area contributed by atoms with Gasteiger partial charge in [-0.1, -0.05) is 53.5 Å². The molecule has 7 nitrogen and oxygen atoms in total. The molecule has 2 aromatic carbocycles. The third kappa shape index (κ3) is 6.53. The van der Waals surface area contributed by atoms with Gasteiger partial charge in [-0.25, -0.2) is 14.6 Å². The quantitative estimate of drug-likeness (QED) is 0.165. The highest BCUT2D eigenvalue weighted by Gasteiger charge is 2.27. The van der Waals surface area contributed by atoms with E-state index in [0.29, 0.717) is 43.5 Å². The Balaban J connectivity index is 1.27. The zero-order valence-corrected chi connectivity index (χ0v) is 27.2. The minimum Gasteiger partial charge on any atom is -0.462 e. The topological polar surface area (TPSA) is 94.6 Å². The minimum absolute atomic E-state index is 0.193. The SMILES string of the molecule is CCOC(=O)c1c(-c2cccs2)csc1NC(=O)COC(=O)c1c2c(nc3ccccc13)/C(=C\c1ccc(Cl)c(Cl)c1)CCC2. The van der Waals surface area contributed by atoms with E-state index in [2.05, 4.69) is 5.32 Å². The molecule has 6 rings (SSSR count). The Kier molecular flexibility index (Phi) is 9.32. The van der Waals surface area contributed by atoms with E-state index in [4.69, 9.17) is 37.7 Å². The fourth-order valence-electron chi connectivity index (χ4n) is 5.35. The highest BCUT2D eigenvalue weighted by Crippen LogP contribution is 2.39. The number of aromatic nitrogens is 1. The van der Waals surface area contributed by atoms with Gasteiger partial charge in [-0.15, -0.1) is 22.7 Å². The molecule has 11 heteroatoms. The molecule has 0 atom stereocenters. The molecule has 1 aliphatic rings. The molecule has 45 heavy (non-hydrogen) atoms. The van der Waals surface area contributed by atoms with Crippen LogP contribution in [0, 0.1) is 0 Å². The second-order valence-corrected chi connectivity index (χ2v) is 12.8. The number of thiophene rings is 2. The number of hydrogen-bond donors (Lipinski definition) is 1. The number of carbonyl (C=O) groups is 3. The van der Waals surface area contributed by atoms with Crippen LogP contribution in [-0.2, 0) is 20.7 Å². The number of allylic oxidation sites excluding steroid dienone is 1.